The van der Waals surface area contributed by atoms with Crippen molar-refractivity contribution in [1.82, 2.24) is 9.97 Å². The number of pyridine rings is 2. The fourth-order valence-electron chi connectivity index (χ4n) is 1.49. The summed E-state index contributed by atoms with van der Waals surface area (Å²) in [6, 6.07) is 6.49. The number of hydrogen-bond acceptors (Lipinski definition) is 4. The summed E-state index contributed by atoms with van der Waals surface area (Å²) in [6.07, 6.45) is 2.94. The second-order valence-electron chi connectivity index (χ2n) is 3.59. The van der Waals surface area contributed by atoms with Gasteiger partial charge in [0.15, 0.2) is 0 Å². The lowest BCUT2D eigenvalue weighted by molar-refractivity contribution is 0.0987. The van der Waals surface area contributed by atoms with Gasteiger partial charge >= 0.3 is 0 Å². The van der Waals surface area contributed by atoms with Crippen molar-refractivity contribution in [2.24, 2.45) is 11.5 Å². The zero-order chi connectivity index (χ0) is 13.1. The largest absolute Gasteiger partial charge is 0.364 e. The predicted molar refractivity (Wildman–Crippen MR) is 79.0 cm³/mol. The van der Waals surface area contributed by atoms with Gasteiger partial charge in [-0.25, -0.2) is 0 Å². The summed E-state index contributed by atoms with van der Waals surface area (Å²) in [5.74, 6) is -1.22. The molecule has 6 nitrogen and oxygen atoms in total. The molecule has 0 unspecified atom stereocenters. The van der Waals surface area contributed by atoms with Crippen LogP contribution in [0.4, 0.5) is 0 Å². The van der Waals surface area contributed by atoms with Crippen molar-refractivity contribution < 1.29 is 9.59 Å². The molecule has 2 aromatic rings. The molecule has 0 saturated heterocycles. The van der Waals surface area contributed by atoms with Crippen LogP contribution in [0.25, 0.3) is 11.1 Å². The average molecular weight is 315 g/mol. The fraction of sp³-hybridized carbons (Fsp3) is 0. The average Bonchev–Trinajstić information content (AvgIpc) is 2.39. The van der Waals surface area contributed by atoms with Crippen LogP contribution < -0.4 is 11.5 Å². The number of hydrogen-bond donors (Lipinski definition) is 2. The zero-order valence-corrected chi connectivity index (χ0v) is 11.8. The van der Waals surface area contributed by atoms with Gasteiger partial charge in [0.05, 0.1) is 0 Å². The van der Waals surface area contributed by atoms with E-state index in [1.165, 1.54) is 12.4 Å². The summed E-state index contributed by atoms with van der Waals surface area (Å²) in [5, 5.41) is 0. The summed E-state index contributed by atoms with van der Waals surface area (Å²) in [6.45, 7) is 0. The van der Waals surface area contributed by atoms with E-state index in [-0.39, 0.29) is 36.2 Å². The van der Waals surface area contributed by atoms with Crippen LogP contribution in [0.3, 0.4) is 0 Å². The molecule has 0 spiro atoms. The molecule has 0 aliphatic heterocycles. The maximum Gasteiger partial charge on any atom is 0.267 e. The molecule has 8 heteroatoms. The van der Waals surface area contributed by atoms with E-state index in [0.717, 1.165) is 0 Å². The number of nitrogens with two attached hydrogens (primary N) is 2. The van der Waals surface area contributed by atoms with E-state index in [0.29, 0.717) is 11.1 Å². The first-order valence-corrected chi connectivity index (χ1v) is 5.10. The summed E-state index contributed by atoms with van der Waals surface area (Å²) < 4.78 is 0. The first-order chi connectivity index (χ1) is 8.58. The minimum absolute atomic E-state index is 0. The second-order valence-corrected chi connectivity index (χ2v) is 3.59. The molecule has 0 atom stereocenters. The van der Waals surface area contributed by atoms with Crippen molar-refractivity contribution in [3.63, 3.8) is 0 Å². The monoisotopic (exact) mass is 314 g/mol. The van der Waals surface area contributed by atoms with Crippen LogP contribution in [-0.4, -0.2) is 21.8 Å². The number of carbonyl (C=O) groups is 2. The van der Waals surface area contributed by atoms with Gasteiger partial charge < -0.3 is 11.5 Å². The van der Waals surface area contributed by atoms with Crippen LogP contribution >= 0.6 is 24.8 Å². The zero-order valence-electron chi connectivity index (χ0n) is 10.1. The molecule has 0 fully saturated rings. The SMILES string of the molecule is Cl.Cl.NC(=O)c1cc(-c2ccnc(C(N)=O)c2)ccn1. The Bertz CT molecular complexity index is 579. The van der Waals surface area contributed by atoms with Crippen molar-refractivity contribution in [2.75, 3.05) is 0 Å². The number of primary amides is 2. The van der Waals surface area contributed by atoms with Gasteiger partial charge in [0.1, 0.15) is 11.4 Å². The number of carbonyl (C=O) groups excluding carboxylic acids is 2. The molecule has 2 rings (SSSR count). The fourth-order valence-corrected chi connectivity index (χ4v) is 1.49. The van der Waals surface area contributed by atoms with Crippen LogP contribution in [0.2, 0.25) is 0 Å². The molecule has 2 aromatic heterocycles. The Kier molecular flexibility index (Phi) is 6.61. The first kappa shape index (κ1) is 17.8. The highest BCUT2D eigenvalue weighted by Gasteiger charge is 2.07. The molecule has 0 saturated carbocycles. The van der Waals surface area contributed by atoms with E-state index in [1.54, 1.807) is 24.3 Å². The van der Waals surface area contributed by atoms with Gasteiger partial charge in [-0.1, -0.05) is 0 Å². The van der Waals surface area contributed by atoms with Crippen LogP contribution in [0.1, 0.15) is 21.0 Å². The topological polar surface area (TPSA) is 112 Å². The third-order valence-electron chi connectivity index (χ3n) is 2.36. The van der Waals surface area contributed by atoms with E-state index >= 15 is 0 Å². The number of halogens is 2. The van der Waals surface area contributed by atoms with Gasteiger partial charge in [-0.15, -0.1) is 24.8 Å². The molecule has 0 aliphatic carbocycles. The van der Waals surface area contributed by atoms with E-state index in [1.807, 2.05) is 0 Å². The highest BCUT2D eigenvalue weighted by molar-refractivity contribution is 5.93. The van der Waals surface area contributed by atoms with E-state index in [4.69, 9.17) is 11.5 Å². The van der Waals surface area contributed by atoms with E-state index in [9.17, 15) is 9.59 Å². The standard InChI is InChI=1S/C12H10N4O2.2ClH/c13-11(17)9-5-7(1-3-15-9)8-2-4-16-10(6-8)12(14)18;;/h1-6H,(H2,13,17)(H2,14,18);2*1H. The van der Waals surface area contributed by atoms with Crippen LogP contribution in [0, 0.1) is 0 Å². The van der Waals surface area contributed by atoms with Crippen LogP contribution in [-0.2, 0) is 0 Å². The summed E-state index contributed by atoms with van der Waals surface area (Å²) in [4.78, 5) is 29.7. The molecule has 0 bridgehead atoms. The number of rotatable bonds is 3. The summed E-state index contributed by atoms with van der Waals surface area (Å²) in [5.41, 5.74) is 12.0. The Morgan fingerprint density at radius 2 is 1.15 bits per heavy atom. The van der Waals surface area contributed by atoms with Crippen LogP contribution in [0.15, 0.2) is 36.7 Å². The molecular weight excluding hydrogens is 303 g/mol. The number of amides is 2. The normalized spacial score (nSPS) is 9.00. The molecule has 20 heavy (non-hydrogen) atoms. The van der Waals surface area contributed by atoms with Crippen molar-refractivity contribution in [1.29, 1.82) is 0 Å². The quantitative estimate of drug-likeness (QED) is 0.885. The van der Waals surface area contributed by atoms with Gasteiger partial charge in [-0.05, 0) is 35.4 Å². The molecule has 2 amide bonds. The number of aromatic nitrogens is 2. The minimum Gasteiger partial charge on any atom is -0.364 e. The third-order valence-corrected chi connectivity index (χ3v) is 2.36. The summed E-state index contributed by atoms with van der Waals surface area (Å²) in [7, 11) is 0. The van der Waals surface area contributed by atoms with Gasteiger partial charge in [0, 0.05) is 12.4 Å². The Labute approximate surface area is 127 Å². The maximum absolute atomic E-state index is 11.0. The Hall–Kier alpha value is -2.18. The molecule has 2 heterocycles. The Morgan fingerprint density at radius 1 is 0.800 bits per heavy atom. The van der Waals surface area contributed by atoms with Crippen molar-refractivity contribution >= 4 is 36.6 Å². The highest BCUT2D eigenvalue weighted by atomic mass is 35.5. The lowest BCUT2D eigenvalue weighted by atomic mass is 10.1. The lowest BCUT2D eigenvalue weighted by Crippen LogP contribution is -2.13. The smallest absolute Gasteiger partial charge is 0.267 e. The minimum atomic E-state index is -0.610. The molecule has 4 N–H and O–H groups in total. The summed E-state index contributed by atoms with van der Waals surface area (Å²) >= 11 is 0. The van der Waals surface area contributed by atoms with E-state index in [2.05, 4.69) is 9.97 Å². The molecular formula is C12H12Cl2N4O2. The lowest BCUT2D eigenvalue weighted by Gasteiger charge is -2.03. The number of nitrogens with zero attached hydrogens (tertiary/aromatic N) is 2. The second kappa shape index (κ2) is 7.42. The maximum atomic E-state index is 11.0. The Balaban J connectivity index is 0.00000180. The predicted octanol–water partition coefficient (Wildman–Crippen LogP) is 1.18. The molecule has 0 radical (unpaired) electrons. The van der Waals surface area contributed by atoms with Gasteiger partial charge in [0.2, 0.25) is 0 Å². The van der Waals surface area contributed by atoms with Crippen molar-refractivity contribution in [3.8, 4) is 11.1 Å². The van der Waals surface area contributed by atoms with Gasteiger partial charge in [-0.3, -0.25) is 19.6 Å². The molecule has 106 valence electrons. The van der Waals surface area contributed by atoms with Gasteiger partial charge in [0.25, 0.3) is 11.8 Å². The Morgan fingerprint density at radius 3 is 1.45 bits per heavy atom. The highest BCUT2D eigenvalue weighted by Crippen LogP contribution is 2.19. The first-order valence-electron chi connectivity index (χ1n) is 5.10. The molecule has 0 aromatic carbocycles. The van der Waals surface area contributed by atoms with Crippen molar-refractivity contribution in [2.45, 2.75) is 0 Å². The van der Waals surface area contributed by atoms with E-state index < -0.39 is 11.8 Å². The van der Waals surface area contributed by atoms with Crippen molar-refractivity contribution in [3.05, 3.63) is 48.0 Å². The van der Waals surface area contributed by atoms with Gasteiger partial charge in [-0.2, -0.15) is 0 Å². The van der Waals surface area contributed by atoms with Crippen LogP contribution in [0.5, 0.6) is 0 Å². The molecule has 0 aliphatic rings. The third kappa shape index (κ3) is 3.91.